The van der Waals surface area contributed by atoms with Crippen LogP contribution in [0, 0.1) is 34.5 Å². The summed E-state index contributed by atoms with van der Waals surface area (Å²) in [5.74, 6) is 0.631. The fourth-order valence-corrected chi connectivity index (χ4v) is 7.19. The molecule has 0 bridgehead atoms. The summed E-state index contributed by atoms with van der Waals surface area (Å²) in [6, 6.07) is 0. The highest BCUT2D eigenvalue weighted by atomic mass is 16.3. The fourth-order valence-electron chi connectivity index (χ4n) is 7.19. The van der Waals surface area contributed by atoms with E-state index in [4.69, 9.17) is 0 Å². The minimum Gasteiger partial charge on any atom is -0.393 e. The van der Waals surface area contributed by atoms with Gasteiger partial charge in [-0.1, -0.05) is 12.5 Å². The Bertz CT molecular complexity index is 665. The van der Waals surface area contributed by atoms with Crippen LogP contribution in [0.4, 0.5) is 0 Å². The Morgan fingerprint density at radius 1 is 1.28 bits per heavy atom. The fraction of sp³-hybridized carbons (Fsp3) is 0.762. The first-order valence-corrected chi connectivity index (χ1v) is 9.72. The molecular weight excluding hydrogens is 316 g/mol. The van der Waals surface area contributed by atoms with Gasteiger partial charge in [-0.15, -0.1) is 0 Å². The van der Waals surface area contributed by atoms with Crippen molar-refractivity contribution in [2.45, 2.75) is 64.9 Å². The number of allylic oxidation sites excluding steroid dienone is 1. The van der Waals surface area contributed by atoms with E-state index in [1.54, 1.807) is 6.92 Å². The summed E-state index contributed by atoms with van der Waals surface area (Å²) in [5.41, 5.74) is 0.387. The van der Waals surface area contributed by atoms with E-state index in [0.29, 0.717) is 12.8 Å². The number of hydrogen-bond donors (Lipinski definition) is 1. The third-order valence-electron chi connectivity index (χ3n) is 8.21. The van der Waals surface area contributed by atoms with Crippen LogP contribution in [0.15, 0.2) is 11.6 Å². The molecule has 0 amide bonds. The Labute approximate surface area is 149 Å². The Hall–Kier alpha value is -1.29. The van der Waals surface area contributed by atoms with Crippen LogP contribution in [0.3, 0.4) is 0 Å². The topological polar surface area (TPSA) is 71.4 Å². The van der Waals surface area contributed by atoms with E-state index in [-0.39, 0.29) is 40.7 Å². The maximum atomic E-state index is 12.2. The molecule has 0 aromatic rings. The minimum atomic E-state index is -0.672. The zero-order valence-electron chi connectivity index (χ0n) is 15.2. The van der Waals surface area contributed by atoms with Gasteiger partial charge in [-0.05, 0) is 74.7 Å². The van der Waals surface area contributed by atoms with E-state index < -0.39 is 11.5 Å². The summed E-state index contributed by atoms with van der Waals surface area (Å²) in [6.07, 6.45) is 7.49. The lowest BCUT2D eigenvalue weighted by atomic mass is 9.45. The molecule has 25 heavy (non-hydrogen) atoms. The molecule has 0 aromatic heterocycles. The van der Waals surface area contributed by atoms with Crippen LogP contribution in [-0.4, -0.2) is 29.1 Å². The summed E-state index contributed by atoms with van der Waals surface area (Å²) in [5, 5.41) is 11.1. The first-order chi connectivity index (χ1) is 11.8. The van der Waals surface area contributed by atoms with Gasteiger partial charge in [0, 0.05) is 17.8 Å². The highest BCUT2D eigenvalue weighted by Gasteiger charge is 2.64. The summed E-state index contributed by atoms with van der Waals surface area (Å²) >= 11 is 0. The molecule has 1 unspecified atom stereocenters. The number of carbonyl (C=O) groups excluding carboxylic acids is 3. The maximum absolute atomic E-state index is 12.2. The number of Topliss-reactive ketones (excluding diaryl/α,β-unsaturated/α-hetero) is 1. The molecule has 4 aliphatic rings. The van der Waals surface area contributed by atoms with Crippen molar-refractivity contribution in [1.82, 2.24) is 0 Å². The molecule has 136 valence electrons. The SMILES string of the molecule is CC(=O)[C@H]1CC[C@H]2[C@@H]3CCC4=CC(=O)CC[C@]4(C)C3[C@@H](O)C[C@]12C=O. The first kappa shape index (κ1) is 17.1. The molecule has 4 rings (SSSR count). The molecule has 0 aliphatic heterocycles. The van der Waals surface area contributed by atoms with Crippen LogP contribution in [-0.2, 0) is 14.4 Å². The molecule has 4 nitrogen and oxygen atoms in total. The Morgan fingerprint density at radius 3 is 2.72 bits per heavy atom. The smallest absolute Gasteiger partial charge is 0.155 e. The number of aliphatic hydroxyl groups is 1. The quantitative estimate of drug-likeness (QED) is 0.782. The zero-order valence-corrected chi connectivity index (χ0v) is 15.2. The third-order valence-corrected chi connectivity index (χ3v) is 8.21. The number of rotatable bonds is 2. The van der Waals surface area contributed by atoms with Crippen LogP contribution in [0.5, 0.6) is 0 Å². The average Bonchev–Trinajstić information content (AvgIpc) is 2.95. The van der Waals surface area contributed by atoms with Gasteiger partial charge < -0.3 is 9.90 Å². The van der Waals surface area contributed by atoms with Gasteiger partial charge in [-0.25, -0.2) is 0 Å². The lowest BCUT2D eigenvalue weighted by molar-refractivity contribution is -0.155. The van der Waals surface area contributed by atoms with Crippen molar-refractivity contribution in [3.05, 3.63) is 11.6 Å². The van der Waals surface area contributed by atoms with Gasteiger partial charge in [0.25, 0.3) is 0 Å². The minimum absolute atomic E-state index is 0.0890. The van der Waals surface area contributed by atoms with Crippen LogP contribution >= 0.6 is 0 Å². The standard InChI is InChI=1S/C21H28O4/c1-12(23)16-5-6-17-15-4-3-13-9-14(24)7-8-20(13,2)19(15)18(25)10-21(16,17)11-22/h9,11,15-19,25H,3-8,10H2,1-2H3/t15-,16+,17-,18-,19?,20-,21-/m0/s1. The molecule has 0 saturated heterocycles. The van der Waals surface area contributed by atoms with Crippen LogP contribution in [0.1, 0.15) is 58.8 Å². The van der Waals surface area contributed by atoms with Crippen molar-refractivity contribution in [3.8, 4) is 0 Å². The summed E-state index contributed by atoms with van der Waals surface area (Å²) < 4.78 is 0. The molecule has 0 spiro atoms. The van der Waals surface area contributed by atoms with Crippen LogP contribution in [0.25, 0.3) is 0 Å². The van der Waals surface area contributed by atoms with E-state index in [0.717, 1.165) is 38.4 Å². The predicted molar refractivity (Wildman–Crippen MR) is 92.7 cm³/mol. The van der Waals surface area contributed by atoms with E-state index in [1.807, 2.05) is 6.08 Å². The van der Waals surface area contributed by atoms with Gasteiger partial charge in [-0.3, -0.25) is 9.59 Å². The average molecular weight is 344 g/mol. The second kappa shape index (κ2) is 5.60. The molecule has 4 heteroatoms. The Balaban J connectivity index is 1.75. The largest absolute Gasteiger partial charge is 0.393 e. The number of aliphatic hydroxyl groups excluding tert-OH is 1. The monoisotopic (exact) mass is 344 g/mol. The van der Waals surface area contributed by atoms with Gasteiger partial charge in [0.15, 0.2) is 5.78 Å². The number of aldehydes is 1. The number of ketones is 2. The van der Waals surface area contributed by atoms with Crippen molar-refractivity contribution in [2.24, 2.45) is 34.5 Å². The summed E-state index contributed by atoms with van der Waals surface area (Å²) in [4.78, 5) is 36.2. The zero-order chi connectivity index (χ0) is 18.0. The third kappa shape index (κ3) is 2.19. The first-order valence-electron chi connectivity index (χ1n) is 9.72. The Morgan fingerprint density at radius 2 is 2.04 bits per heavy atom. The van der Waals surface area contributed by atoms with Crippen molar-refractivity contribution >= 4 is 17.9 Å². The molecule has 7 atom stereocenters. The molecule has 0 radical (unpaired) electrons. The maximum Gasteiger partial charge on any atom is 0.155 e. The summed E-state index contributed by atoms with van der Waals surface area (Å²) in [6.45, 7) is 3.79. The van der Waals surface area contributed by atoms with E-state index in [1.165, 1.54) is 5.57 Å². The van der Waals surface area contributed by atoms with Crippen molar-refractivity contribution < 1.29 is 19.5 Å². The summed E-state index contributed by atoms with van der Waals surface area (Å²) in [7, 11) is 0. The predicted octanol–water partition coefficient (Wildman–Crippen LogP) is 2.87. The normalized spacial score (nSPS) is 48.8. The molecular formula is C21H28O4. The van der Waals surface area contributed by atoms with Gasteiger partial charge >= 0.3 is 0 Å². The Kier molecular flexibility index (Phi) is 3.84. The second-order valence-corrected chi connectivity index (χ2v) is 9.13. The van der Waals surface area contributed by atoms with Crippen LogP contribution < -0.4 is 0 Å². The van der Waals surface area contributed by atoms with Crippen LogP contribution in [0.2, 0.25) is 0 Å². The van der Waals surface area contributed by atoms with Crippen molar-refractivity contribution in [3.63, 3.8) is 0 Å². The highest BCUT2D eigenvalue weighted by molar-refractivity contribution is 5.91. The van der Waals surface area contributed by atoms with E-state index in [2.05, 4.69) is 6.92 Å². The lowest BCUT2D eigenvalue weighted by Crippen LogP contribution is -2.58. The van der Waals surface area contributed by atoms with Gasteiger partial charge in [-0.2, -0.15) is 0 Å². The highest BCUT2D eigenvalue weighted by Crippen LogP contribution is 2.66. The van der Waals surface area contributed by atoms with E-state index >= 15 is 0 Å². The van der Waals surface area contributed by atoms with Gasteiger partial charge in [0.2, 0.25) is 0 Å². The van der Waals surface area contributed by atoms with Gasteiger partial charge in [0.1, 0.15) is 12.1 Å². The molecule has 0 heterocycles. The molecule has 3 fully saturated rings. The molecule has 3 saturated carbocycles. The second-order valence-electron chi connectivity index (χ2n) is 9.13. The van der Waals surface area contributed by atoms with Crippen molar-refractivity contribution in [1.29, 1.82) is 0 Å². The molecule has 4 aliphatic carbocycles. The lowest BCUT2D eigenvalue weighted by Gasteiger charge is -2.59. The van der Waals surface area contributed by atoms with E-state index in [9.17, 15) is 19.5 Å². The molecule has 0 aromatic carbocycles. The number of fused-ring (bicyclic) bond motifs is 5. The molecule has 1 N–H and O–H groups in total. The number of carbonyl (C=O) groups is 3. The van der Waals surface area contributed by atoms with Crippen molar-refractivity contribution in [2.75, 3.05) is 0 Å². The van der Waals surface area contributed by atoms with Gasteiger partial charge in [0.05, 0.1) is 6.10 Å². The number of hydrogen-bond acceptors (Lipinski definition) is 4.